The van der Waals surface area contributed by atoms with Crippen LogP contribution in [0.2, 0.25) is 0 Å². The summed E-state index contributed by atoms with van der Waals surface area (Å²) in [7, 11) is 1.78. The number of carbonyl (C=O) groups excluding carboxylic acids is 1. The Labute approximate surface area is 152 Å². The van der Waals surface area contributed by atoms with E-state index in [1.54, 1.807) is 7.05 Å². The molecular formula is C20H34N4O. The van der Waals surface area contributed by atoms with Gasteiger partial charge >= 0.3 is 0 Å². The van der Waals surface area contributed by atoms with E-state index in [0.717, 1.165) is 23.9 Å². The normalized spacial score (nSPS) is 12.8. The second kappa shape index (κ2) is 11.5. The summed E-state index contributed by atoms with van der Waals surface area (Å²) in [5.74, 6) is 1.51. The fourth-order valence-corrected chi connectivity index (χ4v) is 2.60. The number of amides is 1. The predicted molar refractivity (Wildman–Crippen MR) is 106 cm³/mol. The molecule has 1 amide bonds. The van der Waals surface area contributed by atoms with E-state index in [9.17, 15) is 4.79 Å². The molecule has 5 heteroatoms. The van der Waals surface area contributed by atoms with Crippen LogP contribution in [0.5, 0.6) is 0 Å². The van der Waals surface area contributed by atoms with Gasteiger partial charge in [0.15, 0.2) is 5.96 Å². The number of carbonyl (C=O) groups is 1. The number of aliphatic imine (C=N–C) groups is 1. The quantitative estimate of drug-likeness (QED) is 0.475. The van der Waals surface area contributed by atoms with E-state index in [2.05, 4.69) is 41.7 Å². The Morgan fingerprint density at radius 3 is 2.56 bits per heavy atom. The van der Waals surface area contributed by atoms with Crippen molar-refractivity contribution in [2.75, 3.05) is 13.6 Å². The fraction of sp³-hybridized carbons (Fsp3) is 0.600. The minimum atomic E-state index is -0.0365. The van der Waals surface area contributed by atoms with Gasteiger partial charge in [-0.2, -0.15) is 0 Å². The summed E-state index contributed by atoms with van der Waals surface area (Å²) < 4.78 is 0. The highest BCUT2D eigenvalue weighted by molar-refractivity contribution is 5.94. The summed E-state index contributed by atoms with van der Waals surface area (Å²) >= 11 is 0. The standard InChI is InChI=1S/C20H34N4O/c1-6-22-19(25)18-12-8-11-17(13-18)14-23-20(21-5)24-16(4)10-7-9-15(2)3/h8,11-13,15-16H,6-7,9-10,14H2,1-5H3,(H,22,25)(H2,21,23,24). The minimum absolute atomic E-state index is 0.0365. The van der Waals surface area contributed by atoms with Gasteiger partial charge in [-0.15, -0.1) is 0 Å². The minimum Gasteiger partial charge on any atom is -0.354 e. The van der Waals surface area contributed by atoms with Crippen LogP contribution in [-0.2, 0) is 6.54 Å². The molecule has 0 saturated carbocycles. The number of nitrogens with one attached hydrogen (secondary N) is 3. The molecule has 1 unspecified atom stereocenters. The monoisotopic (exact) mass is 346 g/mol. The smallest absolute Gasteiger partial charge is 0.251 e. The van der Waals surface area contributed by atoms with Crippen LogP contribution in [0.3, 0.4) is 0 Å². The number of benzene rings is 1. The third kappa shape index (κ3) is 8.57. The molecule has 0 bridgehead atoms. The highest BCUT2D eigenvalue weighted by Crippen LogP contribution is 2.08. The molecule has 0 spiro atoms. The Morgan fingerprint density at radius 1 is 1.16 bits per heavy atom. The molecule has 0 aliphatic carbocycles. The molecule has 140 valence electrons. The van der Waals surface area contributed by atoms with Crippen molar-refractivity contribution in [3.63, 3.8) is 0 Å². The van der Waals surface area contributed by atoms with Gasteiger partial charge in [0.05, 0.1) is 0 Å². The number of hydrogen-bond acceptors (Lipinski definition) is 2. The molecule has 0 heterocycles. The van der Waals surface area contributed by atoms with E-state index in [1.165, 1.54) is 12.8 Å². The van der Waals surface area contributed by atoms with Gasteiger partial charge in [-0.05, 0) is 43.9 Å². The van der Waals surface area contributed by atoms with Crippen LogP contribution < -0.4 is 16.0 Å². The number of hydrogen-bond donors (Lipinski definition) is 3. The van der Waals surface area contributed by atoms with Gasteiger partial charge in [0.25, 0.3) is 5.91 Å². The molecule has 1 rings (SSSR count). The van der Waals surface area contributed by atoms with E-state index < -0.39 is 0 Å². The molecule has 25 heavy (non-hydrogen) atoms. The third-order valence-electron chi connectivity index (χ3n) is 4.01. The van der Waals surface area contributed by atoms with Crippen LogP contribution in [0.1, 0.15) is 62.9 Å². The maximum Gasteiger partial charge on any atom is 0.251 e. The summed E-state index contributed by atoms with van der Waals surface area (Å²) in [5.41, 5.74) is 1.74. The zero-order chi connectivity index (χ0) is 18.7. The second-order valence-corrected chi connectivity index (χ2v) is 6.86. The van der Waals surface area contributed by atoms with E-state index >= 15 is 0 Å². The maximum atomic E-state index is 11.9. The van der Waals surface area contributed by atoms with Crippen molar-refractivity contribution in [2.24, 2.45) is 10.9 Å². The van der Waals surface area contributed by atoms with Crippen molar-refractivity contribution in [3.8, 4) is 0 Å². The van der Waals surface area contributed by atoms with Gasteiger partial charge < -0.3 is 16.0 Å². The Hall–Kier alpha value is -2.04. The van der Waals surface area contributed by atoms with Gasteiger partial charge in [-0.3, -0.25) is 9.79 Å². The van der Waals surface area contributed by atoms with Crippen LogP contribution >= 0.6 is 0 Å². The molecule has 1 aromatic rings. The highest BCUT2D eigenvalue weighted by Gasteiger charge is 2.07. The van der Waals surface area contributed by atoms with E-state index in [1.807, 2.05) is 31.2 Å². The molecule has 3 N–H and O–H groups in total. The number of guanidine groups is 1. The van der Waals surface area contributed by atoms with Gasteiger partial charge in [-0.1, -0.05) is 38.8 Å². The molecule has 0 aliphatic rings. The summed E-state index contributed by atoms with van der Waals surface area (Å²) in [4.78, 5) is 16.2. The van der Waals surface area contributed by atoms with Gasteiger partial charge in [0.2, 0.25) is 0 Å². The molecule has 0 radical (unpaired) electrons. The van der Waals surface area contributed by atoms with Gasteiger partial charge in [0, 0.05) is 31.7 Å². The van der Waals surface area contributed by atoms with E-state index in [-0.39, 0.29) is 5.91 Å². The Kier molecular flexibility index (Phi) is 9.66. The molecule has 1 atom stereocenters. The van der Waals surface area contributed by atoms with E-state index in [4.69, 9.17) is 0 Å². The first-order valence-electron chi connectivity index (χ1n) is 9.30. The topological polar surface area (TPSA) is 65.5 Å². The van der Waals surface area contributed by atoms with Crippen molar-refractivity contribution >= 4 is 11.9 Å². The van der Waals surface area contributed by atoms with Crippen LogP contribution in [-0.4, -0.2) is 31.5 Å². The average molecular weight is 347 g/mol. The number of nitrogens with zero attached hydrogens (tertiary/aromatic N) is 1. The lowest BCUT2D eigenvalue weighted by Crippen LogP contribution is -2.41. The first-order chi connectivity index (χ1) is 12.0. The highest BCUT2D eigenvalue weighted by atomic mass is 16.1. The lowest BCUT2D eigenvalue weighted by atomic mass is 10.0. The van der Waals surface area contributed by atoms with Crippen molar-refractivity contribution in [1.29, 1.82) is 0 Å². The maximum absolute atomic E-state index is 11.9. The van der Waals surface area contributed by atoms with Crippen molar-refractivity contribution in [1.82, 2.24) is 16.0 Å². The van der Waals surface area contributed by atoms with Crippen molar-refractivity contribution < 1.29 is 4.79 Å². The summed E-state index contributed by atoms with van der Waals surface area (Å²) in [5, 5.41) is 9.57. The number of rotatable bonds is 9. The summed E-state index contributed by atoms with van der Waals surface area (Å²) in [6.45, 7) is 9.88. The third-order valence-corrected chi connectivity index (χ3v) is 4.01. The zero-order valence-corrected chi connectivity index (χ0v) is 16.4. The Bertz CT molecular complexity index is 554. The molecule has 0 aliphatic heterocycles. The van der Waals surface area contributed by atoms with Crippen molar-refractivity contribution in [3.05, 3.63) is 35.4 Å². The van der Waals surface area contributed by atoms with Gasteiger partial charge in [-0.25, -0.2) is 0 Å². The van der Waals surface area contributed by atoms with Crippen LogP contribution in [0.25, 0.3) is 0 Å². The lowest BCUT2D eigenvalue weighted by Gasteiger charge is -2.18. The largest absolute Gasteiger partial charge is 0.354 e. The molecular weight excluding hydrogens is 312 g/mol. The van der Waals surface area contributed by atoms with Gasteiger partial charge in [0.1, 0.15) is 0 Å². The SMILES string of the molecule is CCNC(=O)c1cccc(CNC(=NC)NC(C)CCCC(C)C)c1. The first-order valence-corrected chi connectivity index (χ1v) is 9.30. The molecule has 1 aromatic carbocycles. The van der Waals surface area contributed by atoms with Crippen LogP contribution in [0.4, 0.5) is 0 Å². The fourth-order valence-electron chi connectivity index (χ4n) is 2.60. The molecule has 0 saturated heterocycles. The van der Waals surface area contributed by atoms with E-state index in [0.29, 0.717) is 24.7 Å². The molecule has 0 aromatic heterocycles. The average Bonchev–Trinajstić information content (AvgIpc) is 2.58. The predicted octanol–water partition coefficient (Wildman–Crippen LogP) is 3.32. The Balaban J connectivity index is 2.49. The van der Waals surface area contributed by atoms with Crippen LogP contribution in [0.15, 0.2) is 29.3 Å². The summed E-state index contributed by atoms with van der Waals surface area (Å²) in [6, 6.07) is 8.04. The second-order valence-electron chi connectivity index (χ2n) is 6.86. The first kappa shape index (κ1) is 21.0. The van der Waals surface area contributed by atoms with Crippen LogP contribution in [0, 0.1) is 5.92 Å². The zero-order valence-electron chi connectivity index (χ0n) is 16.4. The lowest BCUT2D eigenvalue weighted by molar-refractivity contribution is 0.0955. The Morgan fingerprint density at radius 2 is 1.92 bits per heavy atom. The van der Waals surface area contributed by atoms with Crippen molar-refractivity contribution in [2.45, 2.75) is 59.5 Å². The summed E-state index contributed by atoms with van der Waals surface area (Å²) in [6.07, 6.45) is 3.60. The molecule has 5 nitrogen and oxygen atoms in total. The molecule has 0 fully saturated rings.